The molecule has 2 aromatic heterocycles. The maximum atomic E-state index is 12.7. The first-order valence-electron chi connectivity index (χ1n) is 9.61. The molecule has 8 heteroatoms. The maximum Gasteiger partial charge on any atom is 0.416 e. The van der Waals surface area contributed by atoms with Crippen LogP contribution in [0.25, 0.3) is 10.9 Å². The van der Waals surface area contributed by atoms with Crippen LogP contribution in [0, 0.1) is 6.92 Å². The first kappa shape index (κ1) is 20.6. The number of carbonyl (C=O) groups excluding carboxylic acids is 1. The Morgan fingerprint density at radius 1 is 1.03 bits per heavy atom. The van der Waals surface area contributed by atoms with E-state index in [1.807, 2.05) is 25.1 Å². The van der Waals surface area contributed by atoms with Gasteiger partial charge in [-0.25, -0.2) is 0 Å². The topological polar surface area (TPSA) is 70.7 Å². The third kappa shape index (κ3) is 4.74. The minimum Gasteiger partial charge on any atom is -0.346 e. The third-order valence-electron chi connectivity index (χ3n) is 4.96. The van der Waals surface area contributed by atoms with Crippen molar-refractivity contribution < 1.29 is 18.0 Å². The van der Waals surface area contributed by atoms with Crippen molar-refractivity contribution >= 4 is 16.8 Å². The number of fused-ring (bicyclic) bond motifs is 1. The lowest BCUT2D eigenvalue weighted by atomic mass is 10.0. The van der Waals surface area contributed by atoms with Crippen molar-refractivity contribution in [3.05, 3.63) is 94.4 Å². The molecule has 0 aliphatic rings. The molecule has 0 saturated carbocycles. The summed E-state index contributed by atoms with van der Waals surface area (Å²) in [4.78, 5) is 16.7. The Morgan fingerprint density at radius 2 is 1.81 bits per heavy atom. The molecule has 31 heavy (non-hydrogen) atoms. The van der Waals surface area contributed by atoms with Gasteiger partial charge < -0.3 is 5.32 Å². The summed E-state index contributed by atoms with van der Waals surface area (Å²) in [6.07, 6.45) is -0.937. The predicted octanol–water partition coefficient (Wildman–Crippen LogP) is 4.81. The fourth-order valence-corrected chi connectivity index (χ4v) is 3.34. The summed E-state index contributed by atoms with van der Waals surface area (Å²) in [5.74, 6) is -0.294. The first-order chi connectivity index (χ1) is 14.8. The van der Waals surface area contributed by atoms with Gasteiger partial charge in [0.1, 0.15) is 0 Å². The molecule has 4 rings (SSSR count). The monoisotopic (exact) mass is 424 g/mol. The molecule has 0 aliphatic carbocycles. The number of nitrogens with one attached hydrogen (secondary N) is 2. The summed E-state index contributed by atoms with van der Waals surface area (Å²) < 4.78 is 38.1. The molecule has 0 radical (unpaired) electrons. The molecule has 2 N–H and O–H groups in total. The molecule has 5 nitrogen and oxygen atoms in total. The second kappa shape index (κ2) is 8.22. The molecule has 0 fully saturated rings. The number of rotatable bonds is 5. The van der Waals surface area contributed by atoms with Gasteiger partial charge in [-0.15, -0.1) is 0 Å². The van der Waals surface area contributed by atoms with Crippen molar-refractivity contribution in [3.8, 4) is 0 Å². The van der Waals surface area contributed by atoms with Gasteiger partial charge in [0.15, 0.2) is 0 Å². The average Bonchev–Trinajstić information content (AvgIpc) is 3.14. The van der Waals surface area contributed by atoms with Gasteiger partial charge in [0.2, 0.25) is 0 Å². The Labute approximate surface area is 176 Å². The lowest BCUT2D eigenvalue weighted by Gasteiger charge is -2.09. The lowest BCUT2D eigenvalue weighted by Crippen LogP contribution is -2.23. The second-order valence-corrected chi connectivity index (χ2v) is 7.36. The number of aromatic amines is 1. The number of aryl methyl sites for hydroxylation is 1. The number of benzene rings is 2. The Kier molecular flexibility index (Phi) is 5.46. The minimum atomic E-state index is -4.36. The highest BCUT2D eigenvalue weighted by Gasteiger charge is 2.29. The van der Waals surface area contributed by atoms with Gasteiger partial charge in [0.05, 0.1) is 28.9 Å². The quantitative estimate of drug-likeness (QED) is 0.483. The van der Waals surface area contributed by atoms with E-state index < -0.39 is 11.7 Å². The van der Waals surface area contributed by atoms with E-state index >= 15 is 0 Å². The number of amides is 1. The van der Waals surface area contributed by atoms with Crippen molar-refractivity contribution in [3.63, 3.8) is 0 Å². The van der Waals surface area contributed by atoms with E-state index in [0.29, 0.717) is 17.5 Å². The Hall–Kier alpha value is -3.68. The molecule has 1 amide bonds. The molecule has 0 saturated heterocycles. The van der Waals surface area contributed by atoms with Gasteiger partial charge in [-0.3, -0.25) is 14.9 Å². The van der Waals surface area contributed by atoms with Crippen LogP contribution in [0.2, 0.25) is 0 Å². The summed E-state index contributed by atoms with van der Waals surface area (Å²) >= 11 is 0. The van der Waals surface area contributed by atoms with E-state index in [1.165, 1.54) is 18.3 Å². The van der Waals surface area contributed by atoms with Crippen molar-refractivity contribution in [2.75, 3.05) is 0 Å². The lowest BCUT2D eigenvalue weighted by molar-refractivity contribution is -0.137. The van der Waals surface area contributed by atoms with Crippen molar-refractivity contribution in [1.29, 1.82) is 0 Å². The molecule has 0 spiro atoms. The zero-order chi connectivity index (χ0) is 22.0. The minimum absolute atomic E-state index is 0.280. The molecular weight excluding hydrogens is 405 g/mol. The SMILES string of the molecule is Cc1ccc2n[nH]c(CNC(=O)c3cncc(Cc4ccc(C(F)(F)F)cc4)c3)c2c1. The van der Waals surface area contributed by atoms with E-state index in [4.69, 9.17) is 0 Å². The largest absolute Gasteiger partial charge is 0.416 e. The van der Waals surface area contributed by atoms with E-state index in [9.17, 15) is 18.0 Å². The van der Waals surface area contributed by atoms with Crippen molar-refractivity contribution in [2.24, 2.45) is 0 Å². The number of hydrogen-bond donors (Lipinski definition) is 2. The Bertz CT molecular complexity index is 1230. The van der Waals surface area contributed by atoms with Crippen LogP contribution in [0.1, 0.15) is 38.3 Å². The van der Waals surface area contributed by atoms with Crippen molar-refractivity contribution in [2.45, 2.75) is 26.1 Å². The maximum absolute atomic E-state index is 12.7. The molecule has 0 bridgehead atoms. The van der Waals surface area contributed by atoms with Gasteiger partial charge in [0, 0.05) is 17.8 Å². The second-order valence-electron chi connectivity index (χ2n) is 7.36. The normalized spacial score (nSPS) is 11.6. The van der Waals surface area contributed by atoms with Crippen LogP contribution in [0.4, 0.5) is 13.2 Å². The number of hydrogen-bond acceptors (Lipinski definition) is 3. The van der Waals surface area contributed by atoms with Gasteiger partial charge in [0.25, 0.3) is 5.91 Å². The Morgan fingerprint density at radius 3 is 2.55 bits per heavy atom. The van der Waals surface area contributed by atoms with E-state index in [0.717, 1.165) is 39.9 Å². The molecule has 158 valence electrons. The van der Waals surface area contributed by atoms with E-state index in [2.05, 4.69) is 20.5 Å². The molecule has 0 unspecified atom stereocenters. The molecule has 0 aliphatic heterocycles. The molecular formula is C23H19F3N4O. The molecule has 2 aromatic carbocycles. The fraction of sp³-hybridized carbons (Fsp3) is 0.174. The standard InChI is InChI=1S/C23H19F3N4O/c1-14-2-7-20-19(8-14)21(30-29-20)13-28-22(31)17-10-16(11-27-12-17)9-15-3-5-18(6-4-15)23(24,25)26/h2-8,10-12H,9,13H2,1H3,(H,28,31)(H,29,30). The smallest absolute Gasteiger partial charge is 0.346 e. The summed E-state index contributed by atoms with van der Waals surface area (Å²) in [7, 11) is 0. The van der Waals surface area contributed by atoms with Gasteiger partial charge >= 0.3 is 6.18 Å². The number of H-pyrrole nitrogens is 1. The molecule has 4 aromatic rings. The van der Waals surface area contributed by atoms with Crippen LogP contribution in [0.3, 0.4) is 0 Å². The fourth-order valence-electron chi connectivity index (χ4n) is 3.34. The van der Waals surface area contributed by atoms with Gasteiger partial charge in [-0.1, -0.05) is 23.8 Å². The average molecular weight is 424 g/mol. The summed E-state index contributed by atoms with van der Waals surface area (Å²) in [5.41, 5.74) is 3.85. The first-order valence-corrected chi connectivity index (χ1v) is 9.61. The van der Waals surface area contributed by atoms with Crippen LogP contribution in [0.15, 0.2) is 60.9 Å². The highest BCUT2D eigenvalue weighted by atomic mass is 19.4. The number of aromatic nitrogens is 3. The third-order valence-corrected chi connectivity index (χ3v) is 4.96. The van der Waals surface area contributed by atoms with Crippen molar-refractivity contribution in [1.82, 2.24) is 20.5 Å². The molecule has 0 atom stereocenters. The summed E-state index contributed by atoms with van der Waals surface area (Å²) in [6.45, 7) is 2.27. The zero-order valence-electron chi connectivity index (χ0n) is 16.6. The number of alkyl halides is 3. The number of pyridine rings is 1. The van der Waals surface area contributed by atoms with Crippen LogP contribution in [-0.4, -0.2) is 21.1 Å². The van der Waals surface area contributed by atoms with Gasteiger partial charge in [-0.2, -0.15) is 18.3 Å². The number of nitrogens with zero attached hydrogens (tertiary/aromatic N) is 2. The van der Waals surface area contributed by atoms with Crippen LogP contribution >= 0.6 is 0 Å². The highest BCUT2D eigenvalue weighted by Crippen LogP contribution is 2.29. The predicted molar refractivity (Wildman–Crippen MR) is 110 cm³/mol. The van der Waals surface area contributed by atoms with Crippen LogP contribution in [-0.2, 0) is 19.1 Å². The van der Waals surface area contributed by atoms with Crippen LogP contribution in [0.5, 0.6) is 0 Å². The van der Waals surface area contributed by atoms with E-state index in [-0.39, 0.29) is 12.5 Å². The summed E-state index contributed by atoms with van der Waals surface area (Å²) in [6, 6.07) is 12.6. The van der Waals surface area contributed by atoms with Gasteiger partial charge in [-0.05, 0) is 54.8 Å². The highest BCUT2D eigenvalue weighted by molar-refractivity contribution is 5.94. The Balaban J connectivity index is 1.43. The van der Waals surface area contributed by atoms with Crippen LogP contribution < -0.4 is 5.32 Å². The number of carbonyl (C=O) groups is 1. The van der Waals surface area contributed by atoms with E-state index in [1.54, 1.807) is 12.3 Å². The summed E-state index contributed by atoms with van der Waals surface area (Å²) in [5, 5.41) is 11.0. The molecule has 2 heterocycles. The number of halogens is 3. The zero-order valence-corrected chi connectivity index (χ0v) is 16.6.